The van der Waals surface area contributed by atoms with Crippen LogP contribution in [0.25, 0.3) is 0 Å². The van der Waals surface area contributed by atoms with Crippen molar-refractivity contribution >= 4 is 39.9 Å². The van der Waals surface area contributed by atoms with Crippen LogP contribution in [0.1, 0.15) is 18.4 Å². The van der Waals surface area contributed by atoms with Crippen molar-refractivity contribution in [1.82, 2.24) is 4.90 Å². The highest BCUT2D eigenvalue weighted by molar-refractivity contribution is 9.10. The van der Waals surface area contributed by atoms with Crippen LogP contribution < -0.4 is 5.73 Å². The summed E-state index contributed by atoms with van der Waals surface area (Å²) in [6.45, 7) is 2.55. The first-order valence-electron chi connectivity index (χ1n) is 6.55. The summed E-state index contributed by atoms with van der Waals surface area (Å²) in [6, 6.07) is 6.29. The summed E-state index contributed by atoms with van der Waals surface area (Å²) in [5.74, 6) is 0. The molecule has 0 saturated carbocycles. The van der Waals surface area contributed by atoms with Crippen molar-refractivity contribution in [3.05, 3.63) is 33.3 Å². The summed E-state index contributed by atoms with van der Waals surface area (Å²) in [7, 11) is 1.78. The molecule has 1 aromatic carbocycles. The van der Waals surface area contributed by atoms with Gasteiger partial charge in [0.2, 0.25) is 0 Å². The zero-order valence-corrected chi connectivity index (χ0v) is 14.7. The predicted octanol–water partition coefficient (Wildman–Crippen LogP) is 3.46. The maximum Gasteiger partial charge on any atom is 0.0599 e. The number of piperidine rings is 1. The summed E-state index contributed by atoms with van der Waals surface area (Å²) in [5.41, 5.74) is 7.11. The van der Waals surface area contributed by atoms with Gasteiger partial charge in [-0.3, -0.25) is 4.90 Å². The second-order valence-corrected chi connectivity index (χ2v) is 6.27. The molecule has 114 valence electrons. The lowest BCUT2D eigenvalue weighted by atomic mass is 9.98. The van der Waals surface area contributed by atoms with Crippen LogP contribution in [0.4, 0.5) is 0 Å². The summed E-state index contributed by atoms with van der Waals surface area (Å²) in [4.78, 5) is 2.42. The highest BCUT2D eigenvalue weighted by atomic mass is 79.9. The average molecular weight is 384 g/mol. The van der Waals surface area contributed by atoms with Crippen LogP contribution >= 0.6 is 39.9 Å². The zero-order valence-electron chi connectivity index (χ0n) is 11.5. The first kappa shape index (κ1) is 18.2. The Morgan fingerprint density at radius 2 is 2.25 bits per heavy atom. The molecule has 1 aliphatic rings. The minimum absolute atomic E-state index is 0. The molecule has 2 unspecified atom stereocenters. The molecule has 3 nitrogen and oxygen atoms in total. The van der Waals surface area contributed by atoms with E-state index >= 15 is 0 Å². The minimum Gasteiger partial charge on any atom is -0.381 e. The first-order chi connectivity index (χ1) is 9.13. The Morgan fingerprint density at radius 3 is 2.90 bits per heavy atom. The minimum atomic E-state index is 0. The van der Waals surface area contributed by atoms with Crippen molar-refractivity contribution in [2.45, 2.75) is 31.5 Å². The predicted molar refractivity (Wildman–Crippen MR) is 89.7 cm³/mol. The Labute approximate surface area is 140 Å². The quantitative estimate of drug-likeness (QED) is 0.865. The third-order valence-electron chi connectivity index (χ3n) is 3.78. The van der Waals surface area contributed by atoms with Gasteiger partial charge >= 0.3 is 0 Å². The number of methoxy groups -OCH3 is 1. The molecule has 0 aromatic heterocycles. The van der Waals surface area contributed by atoms with Gasteiger partial charge in [-0.1, -0.05) is 27.5 Å². The molecule has 0 spiro atoms. The van der Waals surface area contributed by atoms with Gasteiger partial charge in [-0.15, -0.1) is 12.4 Å². The van der Waals surface area contributed by atoms with E-state index in [2.05, 4.69) is 20.8 Å². The Kier molecular flexibility index (Phi) is 7.80. The highest BCUT2D eigenvalue weighted by Gasteiger charge is 2.27. The highest BCUT2D eigenvalue weighted by Crippen LogP contribution is 2.26. The van der Waals surface area contributed by atoms with Gasteiger partial charge in [-0.05, 0) is 36.6 Å². The number of nitrogens with two attached hydrogens (primary N) is 1. The van der Waals surface area contributed by atoms with E-state index in [1.807, 2.05) is 18.2 Å². The van der Waals surface area contributed by atoms with Gasteiger partial charge in [0.25, 0.3) is 0 Å². The lowest BCUT2D eigenvalue weighted by Gasteiger charge is -2.38. The van der Waals surface area contributed by atoms with Crippen molar-refractivity contribution in [1.29, 1.82) is 0 Å². The maximum atomic E-state index is 6.07. The summed E-state index contributed by atoms with van der Waals surface area (Å²) in [5, 5.41) is 0.772. The van der Waals surface area contributed by atoms with Crippen LogP contribution in [0.2, 0.25) is 5.02 Å². The van der Waals surface area contributed by atoms with E-state index in [4.69, 9.17) is 22.1 Å². The van der Waals surface area contributed by atoms with Crippen molar-refractivity contribution in [3.8, 4) is 0 Å². The van der Waals surface area contributed by atoms with Gasteiger partial charge in [-0.25, -0.2) is 0 Å². The van der Waals surface area contributed by atoms with Crippen LogP contribution in [-0.2, 0) is 11.3 Å². The molecule has 1 heterocycles. The van der Waals surface area contributed by atoms with E-state index in [1.54, 1.807) is 7.11 Å². The summed E-state index contributed by atoms with van der Waals surface area (Å²) >= 11 is 9.65. The van der Waals surface area contributed by atoms with Crippen molar-refractivity contribution < 1.29 is 4.74 Å². The number of hydrogen-bond donors (Lipinski definition) is 1. The number of likely N-dealkylation sites (tertiary alicyclic amines) is 1. The fourth-order valence-corrected chi connectivity index (χ4v) is 3.18. The Hall–Kier alpha value is 0.160. The second kappa shape index (κ2) is 8.57. The fraction of sp³-hybridized carbons (Fsp3) is 0.571. The van der Waals surface area contributed by atoms with E-state index in [0.29, 0.717) is 18.7 Å². The van der Waals surface area contributed by atoms with E-state index in [1.165, 1.54) is 5.56 Å². The SMILES string of the molecule is COC1CCN(Cc2cc(Cl)ccc2Br)C(CN)C1.Cl. The molecule has 2 N–H and O–H groups in total. The molecule has 1 aromatic rings. The Bertz CT molecular complexity index is 434. The van der Waals surface area contributed by atoms with Crippen LogP contribution in [0.15, 0.2) is 22.7 Å². The molecule has 1 saturated heterocycles. The van der Waals surface area contributed by atoms with Gasteiger partial charge < -0.3 is 10.5 Å². The number of nitrogens with zero attached hydrogens (tertiary/aromatic N) is 1. The van der Waals surface area contributed by atoms with Gasteiger partial charge in [0.1, 0.15) is 0 Å². The smallest absolute Gasteiger partial charge is 0.0599 e. The molecule has 1 fully saturated rings. The number of halogens is 3. The topological polar surface area (TPSA) is 38.5 Å². The average Bonchev–Trinajstić information content (AvgIpc) is 2.43. The van der Waals surface area contributed by atoms with Gasteiger partial charge in [0, 0.05) is 42.3 Å². The second-order valence-electron chi connectivity index (χ2n) is 4.98. The van der Waals surface area contributed by atoms with Crippen LogP contribution in [0.3, 0.4) is 0 Å². The number of benzene rings is 1. The van der Waals surface area contributed by atoms with E-state index in [9.17, 15) is 0 Å². The van der Waals surface area contributed by atoms with Crippen LogP contribution in [0.5, 0.6) is 0 Å². The van der Waals surface area contributed by atoms with E-state index in [0.717, 1.165) is 35.4 Å². The Balaban J connectivity index is 0.00000200. The lowest BCUT2D eigenvalue weighted by molar-refractivity contribution is 0.0101. The molecular formula is C14H21BrCl2N2O. The normalized spacial score (nSPS) is 23.4. The number of rotatable bonds is 4. The molecule has 0 bridgehead atoms. The van der Waals surface area contributed by atoms with Gasteiger partial charge in [0.05, 0.1) is 6.10 Å². The molecule has 1 aliphatic heterocycles. The van der Waals surface area contributed by atoms with Gasteiger partial charge in [-0.2, -0.15) is 0 Å². The van der Waals surface area contributed by atoms with Crippen LogP contribution in [0, 0.1) is 0 Å². The fourth-order valence-electron chi connectivity index (χ4n) is 2.61. The Morgan fingerprint density at radius 1 is 1.50 bits per heavy atom. The van der Waals surface area contributed by atoms with Crippen molar-refractivity contribution in [3.63, 3.8) is 0 Å². The maximum absolute atomic E-state index is 6.07. The molecule has 0 aliphatic carbocycles. The zero-order chi connectivity index (χ0) is 13.8. The molecule has 20 heavy (non-hydrogen) atoms. The summed E-state index contributed by atoms with van der Waals surface area (Å²) in [6.07, 6.45) is 2.41. The monoisotopic (exact) mass is 382 g/mol. The first-order valence-corrected chi connectivity index (χ1v) is 7.72. The van der Waals surface area contributed by atoms with Gasteiger partial charge in [0.15, 0.2) is 0 Å². The largest absolute Gasteiger partial charge is 0.381 e. The van der Waals surface area contributed by atoms with Crippen LogP contribution in [-0.4, -0.2) is 37.2 Å². The third-order valence-corrected chi connectivity index (χ3v) is 4.78. The molecule has 2 atom stereocenters. The summed E-state index contributed by atoms with van der Waals surface area (Å²) < 4.78 is 6.55. The molecule has 2 rings (SSSR count). The number of ether oxygens (including phenoxy) is 1. The van der Waals surface area contributed by atoms with Crippen molar-refractivity contribution in [2.75, 3.05) is 20.2 Å². The standard InChI is InChI=1S/C14H20BrClN2O.ClH/c1-19-13-4-5-18(12(7-13)8-17)9-10-6-11(16)2-3-14(10)15;/h2-3,6,12-13H,4-5,7-9,17H2,1H3;1H. The van der Waals surface area contributed by atoms with E-state index < -0.39 is 0 Å². The number of hydrogen-bond acceptors (Lipinski definition) is 3. The third kappa shape index (κ3) is 4.58. The van der Waals surface area contributed by atoms with E-state index in [-0.39, 0.29) is 12.4 Å². The molecule has 6 heteroatoms. The molecular weight excluding hydrogens is 363 g/mol. The molecule has 0 radical (unpaired) electrons. The molecule has 0 amide bonds. The lowest BCUT2D eigenvalue weighted by Crippen LogP contribution is -2.48. The van der Waals surface area contributed by atoms with Crippen molar-refractivity contribution in [2.24, 2.45) is 5.73 Å².